The van der Waals surface area contributed by atoms with Crippen LogP contribution in [0.25, 0.3) is 0 Å². The van der Waals surface area contributed by atoms with E-state index in [1.54, 1.807) is 11.3 Å². The van der Waals surface area contributed by atoms with Crippen LogP contribution in [0.15, 0.2) is 10.8 Å². The van der Waals surface area contributed by atoms with Crippen molar-refractivity contribution in [2.75, 3.05) is 7.05 Å². The standard InChI is InChI=1S/C14H21F2NS/c1-10-8-18-9-12(10)13(17-2)6-11-4-3-5-14(15,16)7-11/h8-9,11,13,17H,3-7H2,1-2H3. The molecule has 2 atom stereocenters. The second-order valence-electron chi connectivity index (χ2n) is 5.41. The van der Waals surface area contributed by atoms with Gasteiger partial charge in [0.25, 0.3) is 0 Å². The van der Waals surface area contributed by atoms with Crippen LogP contribution < -0.4 is 5.32 Å². The van der Waals surface area contributed by atoms with Crippen LogP contribution in [-0.2, 0) is 0 Å². The van der Waals surface area contributed by atoms with Crippen molar-refractivity contribution in [3.05, 3.63) is 21.9 Å². The lowest BCUT2D eigenvalue weighted by molar-refractivity contribution is -0.0547. The van der Waals surface area contributed by atoms with Gasteiger partial charge in [-0.15, -0.1) is 0 Å². The average molecular weight is 273 g/mol. The van der Waals surface area contributed by atoms with Crippen molar-refractivity contribution in [2.45, 2.75) is 51.0 Å². The number of hydrogen-bond acceptors (Lipinski definition) is 2. The molecule has 1 saturated carbocycles. The fourth-order valence-corrected chi connectivity index (χ4v) is 3.84. The molecule has 4 heteroatoms. The van der Waals surface area contributed by atoms with Crippen molar-refractivity contribution in [2.24, 2.45) is 5.92 Å². The molecular formula is C14H21F2NS. The van der Waals surface area contributed by atoms with Crippen LogP contribution in [0.4, 0.5) is 8.78 Å². The fraction of sp³-hybridized carbons (Fsp3) is 0.714. The van der Waals surface area contributed by atoms with E-state index >= 15 is 0 Å². The van der Waals surface area contributed by atoms with Crippen molar-refractivity contribution in [1.82, 2.24) is 5.32 Å². The highest BCUT2D eigenvalue weighted by Gasteiger charge is 2.37. The SMILES string of the molecule is CNC(CC1CCCC(F)(F)C1)c1cscc1C. The highest BCUT2D eigenvalue weighted by atomic mass is 32.1. The average Bonchev–Trinajstić information content (AvgIpc) is 2.71. The Balaban J connectivity index is 2.01. The molecule has 1 aliphatic rings. The summed E-state index contributed by atoms with van der Waals surface area (Å²) in [6.45, 7) is 2.09. The molecular weight excluding hydrogens is 252 g/mol. The van der Waals surface area contributed by atoms with Crippen LogP contribution in [-0.4, -0.2) is 13.0 Å². The summed E-state index contributed by atoms with van der Waals surface area (Å²) in [6, 6.07) is 0.218. The molecule has 0 saturated heterocycles. The lowest BCUT2D eigenvalue weighted by Crippen LogP contribution is -2.29. The predicted molar refractivity (Wildman–Crippen MR) is 72.4 cm³/mol. The Bertz CT molecular complexity index is 389. The second-order valence-corrected chi connectivity index (χ2v) is 6.15. The second kappa shape index (κ2) is 5.66. The molecule has 0 aromatic carbocycles. The molecule has 1 heterocycles. The summed E-state index contributed by atoms with van der Waals surface area (Å²) in [6.07, 6.45) is 2.57. The van der Waals surface area contributed by atoms with Gasteiger partial charge in [0.2, 0.25) is 5.92 Å². The molecule has 0 radical (unpaired) electrons. The smallest absolute Gasteiger partial charge is 0.248 e. The zero-order chi connectivity index (χ0) is 13.2. The third-order valence-electron chi connectivity index (χ3n) is 3.93. The Morgan fingerprint density at radius 3 is 2.83 bits per heavy atom. The molecule has 1 nitrogen and oxygen atoms in total. The Kier molecular flexibility index (Phi) is 4.38. The van der Waals surface area contributed by atoms with Gasteiger partial charge in [0.05, 0.1) is 0 Å². The van der Waals surface area contributed by atoms with Crippen molar-refractivity contribution < 1.29 is 8.78 Å². The van der Waals surface area contributed by atoms with Crippen molar-refractivity contribution in [1.29, 1.82) is 0 Å². The van der Waals surface area contributed by atoms with E-state index in [4.69, 9.17) is 0 Å². The largest absolute Gasteiger partial charge is 0.313 e. The van der Waals surface area contributed by atoms with Crippen LogP contribution in [0.3, 0.4) is 0 Å². The number of halogens is 2. The van der Waals surface area contributed by atoms with Gasteiger partial charge in [-0.3, -0.25) is 0 Å². The Hall–Kier alpha value is -0.480. The number of rotatable bonds is 4. The number of thiophene rings is 1. The maximum absolute atomic E-state index is 13.4. The maximum Gasteiger partial charge on any atom is 0.248 e. The van der Waals surface area contributed by atoms with Crippen LogP contribution in [0.2, 0.25) is 0 Å². The molecule has 0 aliphatic heterocycles. The molecule has 0 amide bonds. The number of alkyl halides is 2. The molecule has 1 N–H and O–H groups in total. The van der Waals surface area contributed by atoms with Gasteiger partial charge in [-0.25, -0.2) is 8.78 Å². The summed E-state index contributed by atoms with van der Waals surface area (Å²) in [5.74, 6) is -2.30. The number of nitrogens with one attached hydrogen (secondary N) is 1. The zero-order valence-electron chi connectivity index (χ0n) is 11.0. The third-order valence-corrected chi connectivity index (χ3v) is 4.81. The van der Waals surface area contributed by atoms with Crippen LogP contribution in [0, 0.1) is 12.8 Å². The van der Waals surface area contributed by atoms with E-state index in [1.807, 2.05) is 7.05 Å². The van der Waals surface area contributed by atoms with Gasteiger partial charge in [-0.1, -0.05) is 0 Å². The minimum Gasteiger partial charge on any atom is -0.313 e. The molecule has 2 unspecified atom stereocenters. The first-order valence-electron chi connectivity index (χ1n) is 6.59. The summed E-state index contributed by atoms with van der Waals surface area (Å²) in [4.78, 5) is 0. The lowest BCUT2D eigenvalue weighted by Gasteiger charge is -2.31. The minimum atomic E-state index is -2.44. The van der Waals surface area contributed by atoms with Gasteiger partial charge in [0.15, 0.2) is 0 Å². The fourth-order valence-electron chi connectivity index (χ4n) is 2.94. The first-order valence-corrected chi connectivity index (χ1v) is 7.54. The summed E-state index contributed by atoms with van der Waals surface area (Å²) < 4.78 is 26.8. The first kappa shape index (κ1) is 13.9. The van der Waals surface area contributed by atoms with Crippen molar-refractivity contribution >= 4 is 11.3 Å². The van der Waals surface area contributed by atoms with Gasteiger partial charge in [-0.2, -0.15) is 11.3 Å². The Morgan fingerprint density at radius 2 is 2.28 bits per heavy atom. The molecule has 1 aliphatic carbocycles. The minimum absolute atomic E-state index is 0.0639. The molecule has 1 aromatic heterocycles. The van der Waals surface area contributed by atoms with Gasteiger partial charge in [-0.05, 0) is 61.0 Å². The quantitative estimate of drug-likeness (QED) is 0.849. The van der Waals surface area contributed by atoms with Crippen molar-refractivity contribution in [3.63, 3.8) is 0 Å². The van der Waals surface area contributed by atoms with E-state index < -0.39 is 5.92 Å². The lowest BCUT2D eigenvalue weighted by atomic mass is 9.81. The van der Waals surface area contributed by atoms with Crippen LogP contribution in [0.1, 0.15) is 49.3 Å². The summed E-state index contributed by atoms with van der Waals surface area (Å²) in [7, 11) is 1.92. The van der Waals surface area contributed by atoms with Crippen LogP contribution in [0.5, 0.6) is 0 Å². The van der Waals surface area contributed by atoms with Gasteiger partial charge >= 0.3 is 0 Å². The third kappa shape index (κ3) is 3.29. The van der Waals surface area contributed by atoms with E-state index in [9.17, 15) is 8.78 Å². The van der Waals surface area contributed by atoms with Gasteiger partial charge < -0.3 is 5.32 Å². The highest BCUT2D eigenvalue weighted by molar-refractivity contribution is 7.08. The monoisotopic (exact) mass is 273 g/mol. The number of hydrogen-bond donors (Lipinski definition) is 1. The molecule has 1 aromatic rings. The molecule has 0 bridgehead atoms. The molecule has 1 fully saturated rings. The maximum atomic E-state index is 13.4. The van der Waals surface area contributed by atoms with Crippen LogP contribution >= 0.6 is 11.3 Å². The topological polar surface area (TPSA) is 12.0 Å². The van der Waals surface area contributed by atoms with E-state index in [0.717, 1.165) is 12.8 Å². The summed E-state index contributed by atoms with van der Waals surface area (Å²) in [5, 5.41) is 7.54. The van der Waals surface area contributed by atoms with E-state index in [-0.39, 0.29) is 24.8 Å². The van der Waals surface area contributed by atoms with E-state index in [1.165, 1.54) is 11.1 Å². The predicted octanol–water partition coefficient (Wildman–Crippen LogP) is 4.53. The molecule has 18 heavy (non-hydrogen) atoms. The van der Waals surface area contributed by atoms with E-state index in [2.05, 4.69) is 23.0 Å². The van der Waals surface area contributed by atoms with Gasteiger partial charge in [0, 0.05) is 18.9 Å². The van der Waals surface area contributed by atoms with Crippen molar-refractivity contribution in [3.8, 4) is 0 Å². The van der Waals surface area contributed by atoms with E-state index in [0.29, 0.717) is 6.42 Å². The normalized spacial score (nSPS) is 25.0. The summed E-state index contributed by atoms with van der Waals surface area (Å²) in [5.41, 5.74) is 2.54. The number of aryl methyl sites for hydroxylation is 1. The molecule has 0 spiro atoms. The molecule has 102 valence electrons. The Labute approximate surface area is 112 Å². The summed E-state index contributed by atoms with van der Waals surface area (Å²) >= 11 is 1.68. The Morgan fingerprint density at radius 1 is 1.50 bits per heavy atom. The first-order chi connectivity index (χ1) is 8.52. The molecule has 2 rings (SSSR count). The van der Waals surface area contributed by atoms with Gasteiger partial charge in [0.1, 0.15) is 0 Å². The zero-order valence-corrected chi connectivity index (χ0v) is 11.8. The highest BCUT2D eigenvalue weighted by Crippen LogP contribution is 2.40.